The van der Waals surface area contributed by atoms with Gasteiger partial charge in [0.1, 0.15) is 5.82 Å². The van der Waals surface area contributed by atoms with Gasteiger partial charge in [-0.2, -0.15) is 0 Å². The maximum atomic E-state index is 13.1. The molecule has 1 aliphatic heterocycles. The summed E-state index contributed by atoms with van der Waals surface area (Å²) in [5.41, 5.74) is 3.60. The van der Waals surface area contributed by atoms with Crippen LogP contribution in [0.4, 0.5) is 10.1 Å². The van der Waals surface area contributed by atoms with Crippen LogP contribution in [0.2, 0.25) is 0 Å². The molecule has 0 aliphatic carbocycles. The highest BCUT2D eigenvalue weighted by atomic mass is 19.1. The van der Waals surface area contributed by atoms with E-state index in [4.69, 9.17) is 4.74 Å². The number of benzene rings is 3. The fourth-order valence-corrected chi connectivity index (χ4v) is 3.27. The van der Waals surface area contributed by atoms with Crippen LogP contribution in [0, 0.1) is 5.82 Å². The SMILES string of the molecule is O=C(Nc1cccc2c(C3=CCOCC3)cccc12)c1ccc(F)cc1. The molecule has 3 aromatic carbocycles. The molecule has 0 atom stereocenters. The highest BCUT2D eigenvalue weighted by molar-refractivity contribution is 6.10. The summed E-state index contributed by atoms with van der Waals surface area (Å²) in [6.45, 7) is 1.36. The van der Waals surface area contributed by atoms with Crippen molar-refractivity contribution in [2.75, 3.05) is 18.5 Å². The molecule has 1 amide bonds. The topological polar surface area (TPSA) is 38.3 Å². The summed E-state index contributed by atoms with van der Waals surface area (Å²) in [6, 6.07) is 17.5. The zero-order valence-corrected chi connectivity index (χ0v) is 14.2. The van der Waals surface area contributed by atoms with Gasteiger partial charge in [-0.15, -0.1) is 0 Å². The van der Waals surface area contributed by atoms with Crippen molar-refractivity contribution in [3.63, 3.8) is 0 Å². The van der Waals surface area contributed by atoms with Crippen molar-refractivity contribution in [1.82, 2.24) is 0 Å². The van der Waals surface area contributed by atoms with Crippen molar-refractivity contribution in [2.45, 2.75) is 6.42 Å². The number of nitrogens with one attached hydrogen (secondary N) is 1. The van der Waals surface area contributed by atoms with Gasteiger partial charge in [-0.05, 0) is 53.3 Å². The second kappa shape index (κ2) is 7.10. The van der Waals surface area contributed by atoms with E-state index in [1.807, 2.05) is 24.3 Å². The Morgan fingerprint density at radius 2 is 1.73 bits per heavy atom. The van der Waals surface area contributed by atoms with E-state index >= 15 is 0 Å². The molecule has 130 valence electrons. The van der Waals surface area contributed by atoms with Gasteiger partial charge >= 0.3 is 0 Å². The normalized spacial score (nSPS) is 14.1. The number of rotatable bonds is 3. The van der Waals surface area contributed by atoms with Crippen LogP contribution in [0.25, 0.3) is 16.3 Å². The second-order valence-electron chi connectivity index (χ2n) is 6.22. The van der Waals surface area contributed by atoms with Crippen LogP contribution >= 0.6 is 0 Å². The minimum Gasteiger partial charge on any atom is -0.377 e. The number of hydrogen-bond donors (Lipinski definition) is 1. The van der Waals surface area contributed by atoms with Crippen LogP contribution < -0.4 is 5.32 Å². The number of halogens is 1. The van der Waals surface area contributed by atoms with E-state index in [1.54, 1.807) is 0 Å². The Kier molecular flexibility index (Phi) is 4.50. The fraction of sp³-hybridized carbons (Fsp3) is 0.136. The molecule has 1 aliphatic rings. The summed E-state index contributed by atoms with van der Waals surface area (Å²) in [5.74, 6) is -0.616. The van der Waals surface area contributed by atoms with Crippen molar-refractivity contribution in [1.29, 1.82) is 0 Å². The van der Waals surface area contributed by atoms with Crippen LogP contribution in [-0.2, 0) is 4.74 Å². The van der Waals surface area contributed by atoms with E-state index in [-0.39, 0.29) is 11.7 Å². The lowest BCUT2D eigenvalue weighted by Crippen LogP contribution is -2.12. The van der Waals surface area contributed by atoms with E-state index in [1.165, 1.54) is 35.4 Å². The predicted molar refractivity (Wildman–Crippen MR) is 102 cm³/mol. The number of carbonyl (C=O) groups excluding carboxylic acids is 1. The van der Waals surface area contributed by atoms with Crippen molar-refractivity contribution < 1.29 is 13.9 Å². The molecule has 0 bridgehead atoms. The van der Waals surface area contributed by atoms with Gasteiger partial charge in [0.25, 0.3) is 5.91 Å². The third-order valence-electron chi connectivity index (χ3n) is 4.59. The van der Waals surface area contributed by atoms with E-state index < -0.39 is 0 Å². The van der Waals surface area contributed by atoms with Crippen molar-refractivity contribution in [3.8, 4) is 0 Å². The molecule has 0 aromatic heterocycles. The summed E-state index contributed by atoms with van der Waals surface area (Å²) in [4.78, 5) is 12.5. The fourth-order valence-electron chi connectivity index (χ4n) is 3.27. The first-order chi connectivity index (χ1) is 12.7. The van der Waals surface area contributed by atoms with Gasteiger partial charge in [0, 0.05) is 16.6 Å². The van der Waals surface area contributed by atoms with E-state index in [0.29, 0.717) is 12.2 Å². The number of fused-ring (bicyclic) bond motifs is 1. The van der Waals surface area contributed by atoms with E-state index in [9.17, 15) is 9.18 Å². The monoisotopic (exact) mass is 347 g/mol. The lowest BCUT2D eigenvalue weighted by atomic mass is 9.95. The van der Waals surface area contributed by atoms with Gasteiger partial charge < -0.3 is 10.1 Å². The molecule has 0 radical (unpaired) electrons. The zero-order valence-electron chi connectivity index (χ0n) is 14.2. The standard InChI is InChI=1S/C22H18FNO2/c23-17-9-7-16(8-10-17)22(25)24-21-6-2-4-19-18(3-1-5-20(19)21)15-11-13-26-14-12-15/h1-11H,12-14H2,(H,24,25). The van der Waals surface area contributed by atoms with Crippen molar-refractivity contribution >= 4 is 27.9 Å². The minimum absolute atomic E-state index is 0.256. The lowest BCUT2D eigenvalue weighted by Gasteiger charge is -2.17. The minimum atomic E-state index is -0.360. The smallest absolute Gasteiger partial charge is 0.255 e. The summed E-state index contributed by atoms with van der Waals surface area (Å²) < 4.78 is 18.5. The number of ether oxygens (including phenoxy) is 1. The molecule has 4 rings (SSSR count). The summed E-state index contributed by atoms with van der Waals surface area (Å²) in [5, 5.41) is 5.02. The lowest BCUT2D eigenvalue weighted by molar-refractivity contribution is 0.102. The molecule has 0 saturated heterocycles. The zero-order chi connectivity index (χ0) is 17.9. The van der Waals surface area contributed by atoms with Gasteiger partial charge in [0.2, 0.25) is 0 Å². The maximum Gasteiger partial charge on any atom is 0.255 e. The van der Waals surface area contributed by atoms with Gasteiger partial charge in [-0.1, -0.05) is 36.4 Å². The van der Waals surface area contributed by atoms with Crippen molar-refractivity contribution in [2.24, 2.45) is 0 Å². The number of hydrogen-bond acceptors (Lipinski definition) is 2. The van der Waals surface area contributed by atoms with Crippen LogP contribution in [0.1, 0.15) is 22.3 Å². The van der Waals surface area contributed by atoms with Crippen LogP contribution in [-0.4, -0.2) is 19.1 Å². The average Bonchev–Trinajstić information content (AvgIpc) is 2.69. The Labute approximate surface area is 151 Å². The Bertz CT molecular complexity index is 993. The molecular formula is C22H18FNO2. The summed E-state index contributed by atoms with van der Waals surface area (Å²) >= 11 is 0. The maximum absolute atomic E-state index is 13.1. The molecule has 1 heterocycles. The highest BCUT2D eigenvalue weighted by Crippen LogP contribution is 2.32. The summed E-state index contributed by atoms with van der Waals surface area (Å²) in [7, 11) is 0. The Balaban J connectivity index is 1.71. The first kappa shape index (κ1) is 16.5. The molecule has 4 heteroatoms. The largest absolute Gasteiger partial charge is 0.377 e. The Hall–Kier alpha value is -2.98. The van der Waals surface area contributed by atoms with E-state index in [2.05, 4.69) is 23.5 Å². The molecule has 0 spiro atoms. The number of carbonyl (C=O) groups is 1. The summed E-state index contributed by atoms with van der Waals surface area (Å²) in [6.07, 6.45) is 2.99. The quantitative estimate of drug-likeness (QED) is 0.721. The average molecular weight is 347 g/mol. The third kappa shape index (κ3) is 3.24. The highest BCUT2D eigenvalue weighted by Gasteiger charge is 2.13. The Morgan fingerprint density at radius 1 is 0.962 bits per heavy atom. The van der Waals surface area contributed by atoms with Crippen LogP contribution in [0.15, 0.2) is 66.7 Å². The first-order valence-electron chi connectivity index (χ1n) is 8.58. The Morgan fingerprint density at radius 3 is 2.50 bits per heavy atom. The van der Waals surface area contributed by atoms with Gasteiger partial charge in [-0.25, -0.2) is 4.39 Å². The number of amides is 1. The molecule has 0 unspecified atom stereocenters. The molecule has 26 heavy (non-hydrogen) atoms. The van der Waals surface area contributed by atoms with Gasteiger partial charge in [-0.3, -0.25) is 4.79 Å². The molecule has 0 fully saturated rings. The molecular weight excluding hydrogens is 329 g/mol. The second-order valence-corrected chi connectivity index (χ2v) is 6.22. The van der Waals surface area contributed by atoms with Crippen LogP contribution in [0.5, 0.6) is 0 Å². The molecule has 1 N–H and O–H groups in total. The van der Waals surface area contributed by atoms with Gasteiger partial charge in [0.05, 0.1) is 13.2 Å². The predicted octanol–water partition coefficient (Wildman–Crippen LogP) is 5.03. The molecule has 3 nitrogen and oxygen atoms in total. The first-order valence-corrected chi connectivity index (χ1v) is 8.58. The molecule has 0 saturated carbocycles. The third-order valence-corrected chi connectivity index (χ3v) is 4.59. The van der Waals surface area contributed by atoms with Gasteiger partial charge in [0.15, 0.2) is 0 Å². The van der Waals surface area contributed by atoms with Crippen molar-refractivity contribution in [3.05, 3.63) is 83.7 Å². The van der Waals surface area contributed by atoms with E-state index in [0.717, 1.165) is 29.5 Å². The molecule has 3 aromatic rings. The van der Waals surface area contributed by atoms with Crippen LogP contribution in [0.3, 0.4) is 0 Å². The number of anilines is 1.